The van der Waals surface area contributed by atoms with Crippen LogP contribution in [-0.2, 0) is 4.74 Å². The molecular formula is C38H44Cl2N8O5S2. The second-order valence-electron chi connectivity index (χ2n) is 13.7. The van der Waals surface area contributed by atoms with E-state index in [1.807, 2.05) is 43.3 Å². The number of aromatic nitrogens is 2. The second-order valence-corrected chi connectivity index (χ2v) is 17.1. The van der Waals surface area contributed by atoms with Crippen molar-refractivity contribution >= 4 is 103 Å². The maximum atomic E-state index is 13.2. The fourth-order valence-corrected chi connectivity index (χ4v) is 8.54. The standard InChI is InChI=1S/C20H23ClN4O3S.C18H21ClN4O2S/c21-17-12-22-20(29-17)24-19(27)23-16-6-5-14(25-7-9-28-10-8-25)11-15(16)18(26)13-3-1-2-4-13;1-23(2)12-7-8-14(13(9-12)16(24)11-5-3-4-6-11)21-17(25)22-18-20-10-15(19)26-18/h5-6,11-13H,1-4,7-10H2,(H2,22,23,24,27);7-11H,3-6H2,1-2H3,(H2,20,21,22,25). The normalized spacial score (nSPS) is 15.9. The summed E-state index contributed by atoms with van der Waals surface area (Å²) in [5.41, 5.74) is 4.03. The molecule has 0 spiro atoms. The van der Waals surface area contributed by atoms with Crippen molar-refractivity contribution in [3.63, 3.8) is 0 Å². The van der Waals surface area contributed by atoms with E-state index in [9.17, 15) is 19.2 Å². The van der Waals surface area contributed by atoms with Crippen LogP contribution >= 0.6 is 45.9 Å². The van der Waals surface area contributed by atoms with Gasteiger partial charge in [-0.25, -0.2) is 19.6 Å². The maximum absolute atomic E-state index is 13.2. The molecule has 3 heterocycles. The smallest absolute Gasteiger partial charge is 0.325 e. The minimum atomic E-state index is -0.450. The molecule has 4 N–H and O–H groups in total. The van der Waals surface area contributed by atoms with Gasteiger partial charge in [-0.3, -0.25) is 20.2 Å². The van der Waals surface area contributed by atoms with Gasteiger partial charge in [0.25, 0.3) is 0 Å². The van der Waals surface area contributed by atoms with Crippen LogP contribution in [-0.4, -0.2) is 74.0 Å². The van der Waals surface area contributed by atoms with Gasteiger partial charge in [-0.2, -0.15) is 0 Å². The van der Waals surface area contributed by atoms with E-state index in [-0.39, 0.29) is 23.4 Å². The largest absolute Gasteiger partial charge is 0.378 e. The monoisotopic (exact) mass is 826 g/mol. The van der Waals surface area contributed by atoms with E-state index in [4.69, 9.17) is 27.9 Å². The van der Waals surface area contributed by atoms with Gasteiger partial charge in [0, 0.05) is 61.5 Å². The highest BCUT2D eigenvalue weighted by Gasteiger charge is 2.28. The van der Waals surface area contributed by atoms with E-state index >= 15 is 0 Å². The molecule has 1 aliphatic heterocycles. The molecule has 13 nitrogen and oxygen atoms in total. The van der Waals surface area contributed by atoms with E-state index in [0.29, 0.717) is 54.7 Å². The summed E-state index contributed by atoms with van der Waals surface area (Å²) >= 11 is 14.0. The number of Topliss-reactive ketones (excluding diaryl/α,β-unsaturated/α-hetero) is 2. The lowest BCUT2D eigenvalue weighted by Gasteiger charge is -2.29. The van der Waals surface area contributed by atoms with Gasteiger partial charge in [-0.05, 0) is 62.1 Å². The predicted molar refractivity (Wildman–Crippen MR) is 222 cm³/mol. The third-order valence-electron chi connectivity index (χ3n) is 9.77. The lowest BCUT2D eigenvalue weighted by molar-refractivity contribution is 0.0916. The van der Waals surface area contributed by atoms with Crippen LogP contribution < -0.4 is 31.1 Å². The van der Waals surface area contributed by atoms with E-state index in [2.05, 4.69) is 36.1 Å². The van der Waals surface area contributed by atoms with Gasteiger partial charge in [0.05, 0.1) is 37.0 Å². The van der Waals surface area contributed by atoms with E-state index in [1.165, 1.54) is 35.1 Å². The number of ketones is 2. The highest BCUT2D eigenvalue weighted by molar-refractivity contribution is 7.19. The fraction of sp³-hybridized carbons (Fsp3) is 0.421. The van der Waals surface area contributed by atoms with Gasteiger partial charge in [0.15, 0.2) is 21.8 Å². The minimum absolute atomic E-state index is 0.0244. The molecule has 2 aliphatic carbocycles. The molecule has 3 aliphatic rings. The van der Waals surface area contributed by atoms with Crippen LogP contribution in [0.3, 0.4) is 0 Å². The number of thiazole rings is 2. The van der Waals surface area contributed by atoms with Crippen molar-refractivity contribution in [2.75, 3.05) is 71.5 Å². The number of nitrogens with one attached hydrogen (secondary N) is 4. The molecule has 0 atom stereocenters. The highest BCUT2D eigenvalue weighted by atomic mass is 35.5. The summed E-state index contributed by atoms with van der Waals surface area (Å²) in [4.78, 5) is 63.1. The molecule has 0 unspecified atom stereocenters. The van der Waals surface area contributed by atoms with Crippen molar-refractivity contribution in [3.8, 4) is 0 Å². The highest BCUT2D eigenvalue weighted by Crippen LogP contribution is 2.34. The molecule has 4 amide bonds. The number of carbonyl (C=O) groups excluding carboxylic acids is 4. The average Bonchev–Trinajstić information content (AvgIpc) is 4.02. The number of benzene rings is 2. The van der Waals surface area contributed by atoms with Crippen LogP contribution in [0, 0.1) is 11.8 Å². The summed E-state index contributed by atoms with van der Waals surface area (Å²) in [6.45, 7) is 2.92. The lowest BCUT2D eigenvalue weighted by atomic mass is 9.94. The lowest BCUT2D eigenvalue weighted by Crippen LogP contribution is -2.36. The molecule has 2 saturated carbocycles. The van der Waals surface area contributed by atoms with Crippen molar-refractivity contribution in [1.82, 2.24) is 9.97 Å². The average molecular weight is 828 g/mol. The Labute approximate surface area is 338 Å². The first kappa shape index (κ1) is 40.4. The van der Waals surface area contributed by atoms with Crippen LogP contribution in [0.1, 0.15) is 72.1 Å². The molecule has 1 saturated heterocycles. The van der Waals surface area contributed by atoms with Crippen molar-refractivity contribution in [1.29, 1.82) is 0 Å². The first-order valence-electron chi connectivity index (χ1n) is 18.3. The SMILES string of the molecule is CN(C)c1ccc(NC(=O)Nc2ncc(Cl)s2)c(C(=O)C2CCCC2)c1.O=C(Nc1ncc(Cl)s1)Nc1ccc(N2CCOCC2)cc1C(=O)C1CCCC1. The molecule has 0 radical (unpaired) electrons. The second kappa shape index (κ2) is 19.0. The number of hydrogen-bond acceptors (Lipinski definition) is 11. The fourth-order valence-electron chi connectivity index (χ4n) is 6.93. The molecule has 0 bridgehead atoms. The summed E-state index contributed by atoms with van der Waals surface area (Å²) in [7, 11) is 3.84. The summed E-state index contributed by atoms with van der Waals surface area (Å²) < 4.78 is 6.41. The molecule has 4 aromatic rings. The first-order valence-corrected chi connectivity index (χ1v) is 20.7. The van der Waals surface area contributed by atoms with Crippen molar-refractivity contribution in [2.45, 2.75) is 51.4 Å². The van der Waals surface area contributed by atoms with Gasteiger partial charge in [0.2, 0.25) is 0 Å². The van der Waals surface area contributed by atoms with E-state index in [0.717, 1.165) is 75.8 Å². The quantitative estimate of drug-likeness (QED) is 0.114. The minimum Gasteiger partial charge on any atom is -0.378 e. The Bertz CT molecular complexity index is 1990. The Hall–Kier alpha value is -4.28. The van der Waals surface area contributed by atoms with Crippen LogP contribution in [0.25, 0.3) is 0 Å². The number of nitrogens with zero attached hydrogens (tertiary/aromatic N) is 4. The summed E-state index contributed by atoms with van der Waals surface area (Å²) in [5, 5.41) is 11.7. The third-order valence-corrected chi connectivity index (χ3v) is 11.8. The zero-order valence-corrected chi connectivity index (χ0v) is 33.8. The number of carbonyl (C=O) groups is 4. The number of halogens is 2. The number of hydrogen-bond donors (Lipinski definition) is 4. The Balaban J connectivity index is 0.000000188. The molecule has 17 heteroatoms. The van der Waals surface area contributed by atoms with Crippen LogP contribution in [0.2, 0.25) is 8.67 Å². The molecule has 55 heavy (non-hydrogen) atoms. The third kappa shape index (κ3) is 10.9. The van der Waals surface area contributed by atoms with Gasteiger partial charge in [-0.1, -0.05) is 71.6 Å². The van der Waals surface area contributed by atoms with Crippen molar-refractivity contribution in [2.24, 2.45) is 11.8 Å². The van der Waals surface area contributed by atoms with E-state index in [1.54, 1.807) is 12.1 Å². The summed E-state index contributed by atoms with van der Waals surface area (Å²) in [6, 6.07) is 10.2. The topological polar surface area (TPSA) is 158 Å². The molecule has 292 valence electrons. The van der Waals surface area contributed by atoms with Crippen molar-refractivity contribution < 1.29 is 23.9 Å². The summed E-state index contributed by atoms with van der Waals surface area (Å²) in [6.07, 6.45) is 10.9. The first-order chi connectivity index (χ1) is 26.5. The van der Waals surface area contributed by atoms with Gasteiger partial charge >= 0.3 is 12.1 Å². The Morgan fingerprint density at radius 3 is 1.64 bits per heavy atom. The number of ether oxygens (including phenoxy) is 1. The summed E-state index contributed by atoms with van der Waals surface area (Å²) in [5.74, 6) is 0.258. The Morgan fingerprint density at radius 1 is 0.709 bits per heavy atom. The zero-order chi connectivity index (χ0) is 38.9. The predicted octanol–water partition coefficient (Wildman–Crippen LogP) is 9.53. The van der Waals surface area contributed by atoms with Gasteiger partial charge in [0.1, 0.15) is 8.67 Å². The number of amides is 4. The molecular weight excluding hydrogens is 784 g/mol. The van der Waals surface area contributed by atoms with Crippen molar-refractivity contribution in [3.05, 3.63) is 68.6 Å². The van der Waals surface area contributed by atoms with Crippen LogP contribution in [0.15, 0.2) is 48.8 Å². The number of rotatable bonds is 10. The molecule has 7 rings (SSSR count). The Morgan fingerprint density at radius 2 is 1.18 bits per heavy atom. The van der Waals surface area contributed by atoms with Crippen LogP contribution in [0.5, 0.6) is 0 Å². The maximum Gasteiger partial charge on any atom is 0.325 e. The Kier molecular flexibility index (Phi) is 14.0. The van der Waals surface area contributed by atoms with Gasteiger partial charge in [-0.15, -0.1) is 0 Å². The molecule has 2 aromatic carbocycles. The number of morpholine rings is 1. The molecule has 2 aromatic heterocycles. The van der Waals surface area contributed by atoms with E-state index < -0.39 is 12.1 Å². The number of urea groups is 2. The zero-order valence-electron chi connectivity index (χ0n) is 30.7. The van der Waals surface area contributed by atoms with Gasteiger partial charge < -0.3 is 25.2 Å². The molecule has 3 fully saturated rings. The van der Waals surface area contributed by atoms with Crippen LogP contribution in [0.4, 0.5) is 42.6 Å². The number of anilines is 6.